The molecule has 4 heteroatoms. The average molecular weight is 250 g/mol. The third kappa shape index (κ3) is 2.50. The number of carbonyl (C=O) groups excluding carboxylic acids is 2. The Morgan fingerprint density at radius 2 is 1.53 bits per heavy atom. The van der Waals surface area contributed by atoms with E-state index in [9.17, 15) is 9.59 Å². The number of nitrogens with two attached hydrogens (primary N) is 1. The molecule has 2 N–H and O–H groups in total. The van der Waals surface area contributed by atoms with Crippen molar-refractivity contribution in [2.45, 2.75) is 0 Å². The van der Waals surface area contributed by atoms with Crippen molar-refractivity contribution in [2.75, 3.05) is 0 Å². The van der Waals surface area contributed by atoms with Crippen molar-refractivity contribution < 1.29 is 9.59 Å². The Bertz CT molecular complexity index is 682. The van der Waals surface area contributed by atoms with Crippen LogP contribution in [-0.4, -0.2) is 11.7 Å². The number of nitrogens with zero attached hydrogens (tertiary/aromatic N) is 1. The molecule has 0 spiro atoms. The lowest BCUT2D eigenvalue weighted by atomic mass is 9.97. The van der Waals surface area contributed by atoms with Gasteiger partial charge in [0.25, 0.3) is 0 Å². The Morgan fingerprint density at radius 3 is 2.05 bits per heavy atom. The first-order valence-electron chi connectivity index (χ1n) is 5.57. The fraction of sp³-hybridized carbons (Fsp3) is 0. The van der Waals surface area contributed by atoms with Gasteiger partial charge in [0.05, 0.1) is 17.2 Å². The highest BCUT2D eigenvalue weighted by atomic mass is 16.1. The second-order valence-corrected chi connectivity index (χ2v) is 3.93. The number of amides is 1. The van der Waals surface area contributed by atoms with Gasteiger partial charge in [0.1, 0.15) is 0 Å². The van der Waals surface area contributed by atoms with E-state index in [1.165, 1.54) is 6.07 Å². The van der Waals surface area contributed by atoms with Gasteiger partial charge in [0, 0.05) is 11.1 Å². The number of ketones is 1. The molecule has 0 saturated heterocycles. The Morgan fingerprint density at radius 1 is 0.947 bits per heavy atom. The molecular weight excluding hydrogens is 240 g/mol. The zero-order valence-electron chi connectivity index (χ0n) is 9.96. The molecule has 0 atom stereocenters. The molecular formula is C15H10N2O2. The van der Waals surface area contributed by atoms with Gasteiger partial charge in [-0.1, -0.05) is 18.2 Å². The van der Waals surface area contributed by atoms with Crippen molar-refractivity contribution in [3.63, 3.8) is 0 Å². The van der Waals surface area contributed by atoms with Crippen LogP contribution in [0.15, 0.2) is 48.5 Å². The monoisotopic (exact) mass is 250 g/mol. The van der Waals surface area contributed by atoms with E-state index in [4.69, 9.17) is 11.0 Å². The van der Waals surface area contributed by atoms with Crippen LogP contribution in [0.2, 0.25) is 0 Å². The highest BCUT2D eigenvalue weighted by Gasteiger charge is 2.15. The van der Waals surface area contributed by atoms with Gasteiger partial charge < -0.3 is 5.73 Å². The van der Waals surface area contributed by atoms with Gasteiger partial charge in [-0.25, -0.2) is 0 Å². The molecule has 0 aromatic heterocycles. The minimum absolute atomic E-state index is 0.192. The quantitative estimate of drug-likeness (QED) is 0.844. The van der Waals surface area contributed by atoms with Crippen LogP contribution in [0, 0.1) is 11.3 Å². The standard InChI is InChI=1S/C15H10N2O2/c16-9-10-5-7-11(8-6-10)14(18)12-3-1-2-4-13(12)15(17)19/h1-8H,(H2,17,19). The van der Waals surface area contributed by atoms with Crippen LogP contribution in [0.1, 0.15) is 31.8 Å². The zero-order valence-corrected chi connectivity index (χ0v) is 9.96. The molecule has 0 radical (unpaired) electrons. The first kappa shape index (κ1) is 12.5. The molecule has 2 rings (SSSR count). The summed E-state index contributed by atoms with van der Waals surface area (Å²) < 4.78 is 0. The van der Waals surface area contributed by atoms with Crippen molar-refractivity contribution in [2.24, 2.45) is 5.73 Å². The predicted octanol–water partition coefficient (Wildman–Crippen LogP) is 1.89. The molecule has 0 heterocycles. The first-order chi connectivity index (χ1) is 9.13. The van der Waals surface area contributed by atoms with Crippen LogP contribution in [-0.2, 0) is 0 Å². The molecule has 0 aliphatic carbocycles. The van der Waals surface area contributed by atoms with E-state index in [1.54, 1.807) is 42.5 Å². The van der Waals surface area contributed by atoms with Crippen LogP contribution in [0.4, 0.5) is 0 Å². The fourth-order valence-corrected chi connectivity index (χ4v) is 1.75. The number of hydrogen-bond donors (Lipinski definition) is 1. The molecule has 0 fully saturated rings. The van der Waals surface area contributed by atoms with E-state index in [0.717, 1.165) is 0 Å². The largest absolute Gasteiger partial charge is 0.366 e. The Hall–Kier alpha value is -2.93. The first-order valence-corrected chi connectivity index (χ1v) is 5.57. The highest BCUT2D eigenvalue weighted by molar-refractivity contribution is 6.15. The summed E-state index contributed by atoms with van der Waals surface area (Å²) in [4.78, 5) is 23.6. The highest BCUT2D eigenvalue weighted by Crippen LogP contribution is 2.15. The SMILES string of the molecule is N#Cc1ccc(C(=O)c2ccccc2C(N)=O)cc1. The van der Waals surface area contributed by atoms with Gasteiger partial charge in [-0.3, -0.25) is 9.59 Å². The Labute approximate surface area is 110 Å². The third-order valence-corrected chi connectivity index (χ3v) is 2.71. The van der Waals surface area contributed by atoms with E-state index in [1.807, 2.05) is 6.07 Å². The summed E-state index contributed by atoms with van der Waals surface area (Å²) in [7, 11) is 0. The van der Waals surface area contributed by atoms with Crippen molar-refractivity contribution in [1.29, 1.82) is 5.26 Å². The van der Waals surface area contributed by atoms with Crippen LogP contribution in [0.25, 0.3) is 0 Å². The van der Waals surface area contributed by atoms with Gasteiger partial charge in [-0.2, -0.15) is 5.26 Å². The smallest absolute Gasteiger partial charge is 0.249 e. The van der Waals surface area contributed by atoms with Crippen LogP contribution >= 0.6 is 0 Å². The number of primary amides is 1. The number of carbonyl (C=O) groups is 2. The minimum atomic E-state index is -0.641. The summed E-state index contributed by atoms with van der Waals surface area (Å²) in [6, 6.07) is 14.6. The number of nitriles is 1. The molecule has 1 amide bonds. The second-order valence-electron chi connectivity index (χ2n) is 3.93. The van der Waals surface area contributed by atoms with E-state index in [0.29, 0.717) is 11.1 Å². The molecule has 4 nitrogen and oxygen atoms in total. The summed E-state index contributed by atoms with van der Waals surface area (Å²) in [5.41, 5.74) is 6.58. The molecule has 0 unspecified atom stereocenters. The maximum Gasteiger partial charge on any atom is 0.249 e. The second kappa shape index (κ2) is 5.15. The Balaban J connectivity index is 2.44. The summed E-state index contributed by atoms with van der Waals surface area (Å²) in [5, 5.41) is 8.70. The zero-order chi connectivity index (χ0) is 13.8. The number of rotatable bonds is 3. The molecule has 2 aromatic carbocycles. The lowest BCUT2D eigenvalue weighted by molar-refractivity contribution is 0.0981. The van der Waals surface area contributed by atoms with Gasteiger partial charge >= 0.3 is 0 Å². The van der Waals surface area contributed by atoms with E-state index < -0.39 is 5.91 Å². The van der Waals surface area contributed by atoms with Crippen molar-refractivity contribution in [1.82, 2.24) is 0 Å². The topological polar surface area (TPSA) is 83.9 Å². The maximum atomic E-state index is 12.3. The van der Waals surface area contributed by atoms with Gasteiger partial charge in [0.2, 0.25) is 5.91 Å². The third-order valence-electron chi connectivity index (χ3n) is 2.71. The molecule has 92 valence electrons. The van der Waals surface area contributed by atoms with Crippen molar-refractivity contribution in [3.05, 3.63) is 70.8 Å². The molecule has 2 aromatic rings. The maximum absolute atomic E-state index is 12.3. The molecule has 19 heavy (non-hydrogen) atoms. The summed E-state index contributed by atoms with van der Waals surface area (Å²) in [5.74, 6) is -0.934. The molecule has 0 bridgehead atoms. The van der Waals surface area contributed by atoms with E-state index in [2.05, 4.69) is 0 Å². The molecule has 0 aliphatic rings. The van der Waals surface area contributed by atoms with Gasteiger partial charge in [0.15, 0.2) is 5.78 Å². The minimum Gasteiger partial charge on any atom is -0.366 e. The van der Waals surface area contributed by atoms with Crippen LogP contribution in [0.5, 0.6) is 0 Å². The summed E-state index contributed by atoms with van der Waals surface area (Å²) >= 11 is 0. The van der Waals surface area contributed by atoms with Crippen LogP contribution < -0.4 is 5.73 Å². The lowest BCUT2D eigenvalue weighted by Crippen LogP contribution is -2.16. The van der Waals surface area contributed by atoms with Gasteiger partial charge in [-0.05, 0) is 30.3 Å². The van der Waals surface area contributed by atoms with Gasteiger partial charge in [-0.15, -0.1) is 0 Å². The van der Waals surface area contributed by atoms with E-state index >= 15 is 0 Å². The summed E-state index contributed by atoms with van der Waals surface area (Å²) in [6.45, 7) is 0. The predicted molar refractivity (Wildman–Crippen MR) is 69.5 cm³/mol. The van der Waals surface area contributed by atoms with Crippen LogP contribution in [0.3, 0.4) is 0 Å². The number of benzene rings is 2. The molecule has 0 saturated carbocycles. The normalized spacial score (nSPS) is 9.63. The average Bonchev–Trinajstić information content (AvgIpc) is 2.46. The summed E-state index contributed by atoms with van der Waals surface area (Å²) in [6.07, 6.45) is 0. The lowest BCUT2D eigenvalue weighted by Gasteiger charge is -2.05. The number of hydrogen-bond acceptors (Lipinski definition) is 3. The Kier molecular flexibility index (Phi) is 3.39. The van der Waals surface area contributed by atoms with Crippen molar-refractivity contribution in [3.8, 4) is 6.07 Å². The fourth-order valence-electron chi connectivity index (χ4n) is 1.75. The molecule has 0 aliphatic heterocycles. The van der Waals surface area contributed by atoms with Crippen molar-refractivity contribution >= 4 is 11.7 Å². The van der Waals surface area contributed by atoms with E-state index in [-0.39, 0.29) is 16.9 Å².